The maximum absolute atomic E-state index is 13.5. The van der Waals surface area contributed by atoms with Gasteiger partial charge in [-0.15, -0.1) is 0 Å². The second-order valence-electron chi connectivity index (χ2n) is 6.22. The summed E-state index contributed by atoms with van der Waals surface area (Å²) in [6.07, 6.45) is 0.832. The van der Waals surface area contributed by atoms with Crippen LogP contribution in [0.25, 0.3) is 10.9 Å². The molecule has 0 radical (unpaired) electrons. The monoisotopic (exact) mass is 348 g/mol. The fraction of sp³-hybridized carbons (Fsp3) is 0.150. The molecule has 3 aromatic rings. The molecule has 0 amide bonds. The smallest absolute Gasteiger partial charge is 0.164 e. The second-order valence-corrected chi connectivity index (χ2v) is 6.22. The van der Waals surface area contributed by atoms with Crippen LogP contribution in [-0.2, 0) is 0 Å². The number of halogens is 1. The number of hydrogen-bond donors (Lipinski definition) is 2. The van der Waals surface area contributed by atoms with Crippen molar-refractivity contribution in [2.24, 2.45) is 4.99 Å². The number of amidine groups is 1. The number of anilines is 1. The van der Waals surface area contributed by atoms with Crippen molar-refractivity contribution < 1.29 is 9.50 Å². The van der Waals surface area contributed by atoms with Crippen LogP contribution in [0.1, 0.15) is 24.4 Å². The van der Waals surface area contributed by atoms with Gasteiger partial charge in [-0.1, -0.05) is 24.3 Å². The van der Waals surface area contributed by atoms with E-state index in [-0.39, 0.29) is 5.82 Å². The van der Waals surface area contributed by atoms with E-state index in [4.69, 9.17) is 0 Å². The topological polar surface area (TPSA) is 70.4 Å². The Morgan fingerprint density at radius 2 is 1.96 bits per heavy atom. The van der Waals surface area contributed by atoms with Gasteiger partial charge in [0, 0.05) is 5.39 Å². The summed E-state index contributed by atoms with van der Waals surface area (Å²) in [6.45, 7) is 2.67. The van der Waals surface area contributed by atoms with Gasteiger partial charge in [-0.3, -0.25) is 4.99 Å². The van der Waals surface area contributed by atoms with Crippen molar-refractivity contribution in [3.63, 3.8) is 0 Å². The molecule has 0 fully saturated rings. The first-order valence-electron chi connectivity index (χ1n) is 8.29. The molecule has 130 valence electrons. The maximum atomic E-state index is 13.5. The zero-order valence-electron chi connectivity index (χ0n) is 14.1. The minimum atomic E-state index is -1.13. The van der Waals surface area contributed by atoms with Crippen LogP contribution in [0.5, 0.6) is 0 Å². The maximum Gasteiger partial charge on any atom is 0.164 e. The molecule has 0 bridgehead atoms. The molecule has 1 unspecified atom stereocenters. The van der Waals surface area contributed by atoms with Crippen LogP contribution in [-0.4, -0.2) is 27.5 Å². The Morgan fingerprint density at radius 1 is 1.12 bits per heavy atom. The van der Waals surface area contributed by atoms with Crippen molar-refractivity contribution in [2.45, 2.75) is 13.0 Å². The molecule has 1 aromatic heterocycles. The highest BCUT2D eigenvalue weighted by Crippen LogP contribution is 2.26. The molecular weight excluding hydrogens is 331 g/mol. The SMILES string of the molecule is CC1=CC(Nc2nc(C(O)c3cccc(F)c3)nc3ccccc23)=NC1. The number of nitrogens with one attached hydrogen (secondary N) is 1. The molecule has 1 aliphatic heterocycles. The Balaban J connectivity index is 1.78. The summed E-state index contributed by atoms with van der Waals surface area (Å²) in [4.78, 5) is 13.3. The van der Waals surface area contributed by atoms with Gasteiger partial charge in [-0.05, 0) is 48.4 Å². The molecule has 2 N–H and O–H groups in total. The first-order valence-corrected chi connectivity index (χ1v) is 8.29. The number of aliphatic hydroxyl groups excluding tert-OH is 1. The highest BCUT2D eigenvalue weighted by molar-refractivity contribution is 6.08. The van der Waals surface area contributed by atoms with Gasteiger partial charge in [0.1, 0.15) is 23.6 Å². The van der Waals surface area contributed by atoms with Crippen LogP contribution < -0.4 is 5.32 Å². The lowest BCUT2D eigenvalue weighted by atomic mass is 10.1. The molecule has 2 heterocycles. The van der Waals surface area contributed by atoms with Gasteiger partial charge in [0.25, 0.3) is 0 Å². The molecule has 6 heteroatoms. The lowest BCUT2D eigenvalue weighted by molar-refractivity contribution is 0.210. The number of nitrogens with zero attached hydrogens (tertiary/aromatic N) is 3. The van der Waals surface area contributed by atoms with Crippen molar-refractivity contribution in [1.82, 2.24) is 9.97 Å². The second kappa shape index (κ2) is 6.65. The van der Waals surface area contributed by atoms with Crippen LogP contribution in [0.15, 0.2) is 65.2 Å². The van der Waals surface area contributed by atoms with Crippen molar-refractivity contribution in [3.8, 4) is 0 Å². The van der Waals surface area contributed by atoms with E-state index >= 15 is 0 Å². The highest BCUT2D eigenvalue weighted by Gasteiger charge is 2.18. The molecule has 26 heavy (non-hydrogen) atoms. The van der Waals surface area contributed by atoms with Crippen molar-refractivity contribution in [3.05, 3.63) is 77.4 Å². The normalized spacial score (nSPS) is 14.9. The Hall–Kier alpha value is -3.12. The number of aliphatic hydroxyl groups is 1. The lowest BCUT2D eigenvalue weighted by Gasteiger charge is -2.14. The third kappa shape index (κ3) is 3.19. The van der Waals surface area contributed by atoms with Crippen LogP contribution in [0.2, 0.25) is 0 Å². The Morgan fingerprint density at radius 3 is 2.73 bits per heavy atom. The molecular formula is C20H17FN4O. The molecule has 0 saturated carbocycles. The summed E-state index contributed by atoms with van der Waals surface area (Å²) >= 11 is 0. The van der Waals surface area contributed by atoms with E-state index in [0.717, 1.165) is 16.8 Å². The molecule has 5 nitrogen and oxygen atoms in total. The largest absolute Gasteiger partial charge is 0.380 e. The van der Waals surface area contributed by atoms with Gasteiger partial charge in [0.2, 0.25) is 0 Å². The molecule has 1 aliphatic rings. The van der Waals surface area contributed by atoms with Gasteiger partial charge in [0.05, 0.1) is 12.1 Å². The Labute approximate surface area is 150 Å². The van der Waals surface area contributed by atoms with Crippen LogP contribution in [0.4, 0.5) is 10.2 Å². The first-order chi connectivity index (χ1) is 12.6. The molecule has 0 spiro atoms. The average Bonchev–Trinajstić information content (AvgIpc) is 3.06. The third-order valence-electron chi connectivity index (χ3n) is 4.16. The summed E-state index contributed by atoms with van der Waals surface area (Å²) < 4.78 is 13.5. The molecule has 0 aliphatic carbocycles. The predicted molar refractivity (Wildman–Crippen MR) is 99.7 cm³/mol. The van der Waals surface area contributed by atoms with Crippen LogP contribution in [0, 0.1) is 5.82 Å². The van der Waals surface area contributed by atoms with Gasteiger partial charge >= 0.3 is 0 Å². The number of rotatable bonds is 3. The van der Waals surface area contributed by atoms with Gasteiger partial charge in [0.15, 0.2) is 5.82 Å². The zero-order valence-corrected chi connectivity index (χ0v) is 14.1. The number of aromatic nitrogens is 2. The number of benzene rings is 2. The van der Waals surface area contributed by atoms with Crippen LogP contribution in [0.3, 0.4) is 0 Å². The van der Waals surface area contributed by atoms with E-state index in [1.54, 1.807) is 12.1 Å². The minimum Gasteiger partial charge on any atom is -0.380 e. The minimum absolute atomic E-state index is 0.205. The quantitative estimate of drug-likeness (QED) is 0.758. The molecule has 2 aromatic carbocycles. The van der Waals surface area contributed by atoms with Crippen molar-refractivity contribution >= 4 is 22.6 Å². The fourth-order valence-electron chi connectivity index (χ4n) is 2.87. The number of aliphatic imine (C=N–C) groups is 1. The van der Waals surface area contributed by atoms with Crippen molar-refractivity contribution in [1.29, 1.82) is 0 Å². The standard InChI is InChI=1S/C20H17FN4O/c1-12-9-17(22-11-12)24-19-15-7-2-3-8-16(15)23-20(25-19)18(26)13-5-4-6-14(21)10-13/h2-10,18,26H,11H2,1H3,(H,22,23,24,25). The predicted octanol–water partition coefficient (Wildman–Crippen LogP) is 3.62. The summed E-state index contributed by atoms with van der Waals surface area (Å²) in [5.41, 5.74) is 2.25. The van der Waals surface area contributed by atoms with Crippen LogP contribution >= 0.6 is 0 Å². The summed E-state index contributed by atoms with van der Waals surface area (Å²) in [5, 5.41) is 14.7. The van der Waals surface area contributed by atoms with Gasteiger partial charge in [-0.25, -0.2) is 14.4 Å². The van der Waals surface area contributed by atoms with Gasteiger partial charge < -0.3 is 10.4 Å². The van der Waals surface area contributed by atoms with E-state index in [1.165, 1.54) is 12.1 Å². The molecule has 4 rings (SSSR count). The zero-order chi connectivity index (χ0) is 18.1. The van der Waals surface area contributed by atoms with E-state index in [9.17, 15) is 9.50 Å². The lowest BCUT2D eigenvalue weighted by Crippen LogP contribution is -2.13. The van der Waals surface area contributed by atoms with Gasteiger partial charge in [-0.2, -0.15) is 0 Å². The Bertz CT molecular complexity index is 1040. The highest BCUT2D eigenvalue weighted by atomic mass is 19.1. The first kappa shape index (κ1) is 16.4. The Kier molecular flexibility index (Phi) is 4.18. The van der Waals surface area contributed by atoms with Crippen molar-refractivity contribution in [2.75, 3.05) is 11.9 Å². The van der Waals surface area contributed by atoms with E-state index in [0.29, 0.717) is 23.4 Å². The third-order valence-corrected chi connectivity index (χ3v) is 4.16. The van der Waals surface area contributed by atoms with E-state index in [1.807, 2.05) is 37.3 Å². The van der Waals surface area contributed by atoms with E-state index in [2.05, 4.69) is 20.3 Å². The average molecular weight is 348 g/mol. The summed E-state index contributed by atoms with van der Waals surface area (Å²) in [6, 6.07) is 13.3. The number of hydrogen-bond acceptors (Lipinski definition) is 5. The van der Waals surface area contributed by atoms with E-state index < -0.39 is 11.9 Å². The summed E-state index contributed by atoms with van der Waals surface area (Å²) in [7, 11) is 0. The molecule has 1 atom stereocenters. The number of fused-ring (bicyclic) bond motifs is 1. The number of para-hydroxylation sites is 1. The fourth-order valence-corrected chi connectivity index (χ4v) is 2.87. The molecule has 0 saturated heterocycles. The summed E-state index contributed by atoms with van der Waals surface area (Å²) in [5.74, 6) is 1.07.